The third-order valence-corrected chi connectivity index (χ3v) is 4.07. The number of carbonyl (C=O) groups is 2. The molecular weight excluding hydrogens is 353 g/mol. The van der Waals surface area contributed by atoms with Crippen LogP contribution in [-0.2, 0) is 10.2 Å². The monoisotopic (exact) mass is 375 g/mol. The fraction of sp³-hybridized carbons (Fsp3) is 0.333. The van der Waals surface area contributed by atoms with Gasteiger partial charge in [-0.3, -0.25) is 9.59 Å². The van der Waals surface area contributed by atoms with Crippen LogP contribution in [-0.4, -0.2) is 46.3 Å². The molecule has 0 unspecified atom stereocenters. The number of aliphatic hydroxyl groups excluding tert-OH is 1. The van der Waals surface area contributed by atoms with Gasteiger partial charge >= 0.3 is 0 Å². The number of aliphatic hydroxyl groups is 1. The first-order chi connectivity index (χ1) is 12.7. The van der Waals surface area contributed by atoms with Crippen LogP contribution in [0.5, 0.6) is 0 Å². The molecule has 2 rings (SSSR count). The number of nitrogens with zero attached hydrogens (tertiary/aromatic N) is 2. The Morgan fingerprint density at radius 3 is 2.37 bits per heavy atom. The maximum absolute atomic E-state index is 13.1. The number of aromatic nitrogens is 2. The molecule has 5 N–H and O–H groups in total. The Hall–Kier alpha value is -3.07. The number of anilines is 1. The highest BCUT2D eigenvalue weighted by Crippen LogP contribution is 2.23. The minimum absolute atomic E-state index is 0.0157. The highest BCUT2D eigenvalue weighted by molar-refractivity contribution is 5.95. The van der Waals surface area contributed by atoms with Crippen molar-refractivity contribution in [2.75, 3.05) is 18.5 Å². The number of amides is 2. The average molecular weight is 375 g/mol. The van der Waals surface area contributed by atoms with E-state index in [9.17, 15) is 14.0 Å². The fourth-order valence-corrected chi connectivity index (χ4v) is 2.30. The minimum atomic E-state index is -1.19. The van der Waals surface area contributed by atoms with E-state index in [0.717, 1.165) is 5.56 Å². The summed E-state index contributed by atoms with van der Waals surface area (Å²) in [5.74, 6) is -1.35. The van der Waals surface area contributed by atoms with Gasteiger partial charge in [-0.05, 0) is 29.8 Å². The molecule has 27 heavy (non-hydrogen) atoms. The third-order valence-electron chi connectivity index (χ3n) is 4.07. The number of hydrogen-bond acceptors (Lipinski definition) is 6. The van der Waals surface area contributed by atoms with Crippen LogP contribution in [0.15, 0.2) is 36.4 Å². The molecule has 8 nitrogen and oxygen atoms in total. The lowest BCUT2D eigenvalue weighted by Gasteiger charge is -2.25. The number of benzene rings is 1. The van der Waals surface area contributed by atoms with Crippen LogP contribution in [0.2, 0.25) is 0 Å². The summed E-state index contributed by atoms with van der Waals surface area (Å²) in [5.41, 5.74) is 5.71. The molecule has 1 heterocycles. The maximum atomic E-state index is 13.1. The van der Waals surface area contributed by atoms with Crippen LogP contribution in [0.3, 0.4) is 0 Å². The summed E-state index contributed by atoms with van der Waals surface area (Å²) in [4.78, 5) is 23.0. The Bertz CT molecular complexity index is 794. The Kier molecular flexibility index (Phi) is 6.40. The Labute approximate surface area is 156 Å². The summed E-state index contributed by atoms with van der Waals surface area (Å²) in [6, 6.07) is 8.10. The maximum Gasteiger partial charge on any atom is 0.272 e. The van der Waals surface area contributed by atoms with Crippen LogP contribution in [0.4, 0.5) is 10.2 Å². The van der Waals surface area contributed by atoms with Crippen molar-refractivity contribution in [2.24, 2.45) is 5.73 Å². The van der Waals surface area contributed by atoms with Gasteiger partial charge in [0, 0.05) is 12.0 Å². The molecule has 0 saturated heterocycles. The summed E-state index contributed by atoms with van der Waals surface area (Å²) in [7, 11) is 0. The zero-order valence-corrected chi connectivity index (χ0v) is 15.1. The van der Waals surface area contributed by atoms with Crippen molar-refractivity contribution < 1.29 is 19.1 Å². The number of halogens is 1. The van der Waals surface area contributed by atoms with E-state index in [-0.39, 0.29) is 16.9 Å². The standard InChI is InChI=1S/C18H22FN5O3/c1-18(2,11-3-5-12(19)6-4-11)10-21-15-8-7-13(23-24-15)17(27)22-14(9-25)16(20)26/h3-8,14,25H,9-10H2,1-2H3,(H2,20,26)(H,21,24)(H,22,27)/t14-/m0/s1. The summed E-state index contributed by atoms with van der Waals surface area (Å²) < 4.78 is 13.1. The normalized spacial score (nSPS) is 12.3. The summed E-state index contributed by atoms with van der Waals surface area (Å²) >= 11 is 0. The largest absolute Gasteiger partial charge is 0.394 e. The molecule has 1 aromatic carbocycles. The van der Waals surface area contributed by atoms with Gasteiger partial charge in [0.2, 0.25) is 5.91 Å². The lowest BCUT2D eigenvalue weighted by Crippen LogP contribution is -2.47. The van der Waals surface area contributed by atoms with E-state index >= 15 is 0 Å². The van der Waals surface area contributed by atoms with Gasteiger partial charge in [0.05, 0.1) is 6.61 Å². The number of nitrogens with two attached hydrogens (primary N) is 1. The molecule has 1 atom stereocenters. The van der Waals surface area contributed by atoms with Crippen LogP contribution in [0.25, 0.3) is 0 Å². The van der Waals surface area contributed by atoms with E-state index in [2.05, 4.69) is 20.8 Å². The molecule has 2 aromatic rings. The van der Waals surface area contributed by atoms with Gasteiger partial charge < -0.3 is 21.5 Å². The second-order valence-electron chi connectivity index (χ2n) is 6.66. The minimum Gasteiger partial charge on any atom is -0.394 e. The molecule has 144 valence electrons. The number of rotatable bonds is 8. The Morgan fingerprint density at radius 1 is 1.19 bits per heavy atom. The molecule has 0 spiro atoms. The van der Waals surface area contributed by atoms with Gasteiger partial charge in [0.15, 0.2) is 5.69 Å². The van der Waals surface area contributed by atoms with Crippen molar-refractivity contribution in [2.45, 2.75) is 25.3 Å². The van der Waals surface area contributed by atoms with E-state index in [0.29, 0.717) is 12.4 Å². The molecule has 0 aliphatic heterocycles. The lowest BCUT2D eigenvalue weighted by atomic mass is 9.84. The first kappa shape index (κ1) is 20.2. The topological polar surface area (TPSA) is 130 Å². The third kappa shape index (κ3) is 5.45. The van der Waals surface area contributed by atoms with E-state index in [1.807, 2.05) is 13.8 Å². The van der Waals surface area contributed by atoms with E-state index in [4.69, 9.17) is 10.8 Å². The van der Waals surface area contributed by atoms with Crippen molar-refractivity contribution in [1.29, 1.82) is 0 Å². The van der Waals surface area contributed by atoms with E-state index in [1.165, 1.54) is 18.2 Å². The summed E-state index contributed by atoms with van der Waals surface area (Å²) in [5, 5.41) is 22.1. The van der Waals surface area contributed by atoms with Crippen LogP contribution >= 0.6 is 0 Å². The highest BCUT2D eigenvalue weighted by Gasteiger charge is 2.21. The van der Waals surface area contributed by atoms with E-state index < -0.39 is 24.5 Å². The molecule has 0 saturated carbocycles. The van der Waals surface area contributed by atoms with E-state index in [1.54, 1.807) is 18.2 Å². The predicted octanol–water partition coefficient (Wildman–Crippen LogP) is 0.581. The Morgan fingerprint density at radius 2 is 1.85 bits per heavy atom. The molecule has 0 fully saturated rings. The van der Waals surface area contributed by atoms with Crippen LogP contribution < -0.4 is 16.4 Å². The van der Waals surface area contributed by atoms with Crippen LogP contribution in [0.1, 0.15) is 29.9 Å². The van der Waals surface area contributed by atoms with Crippen molar-refractivity contribution in [3.8, 4) is 0 Å². The predicted molar refractivity (Wildman–Crippen MR) is 97.5 cm³/mol. The quantitative estimate of drug-likeness (QED) is 0.534. The number of primary amides is 1. The first-order valence-corrected chi connectivity index (χ1v) is 8.27. The average Bonchev–Trinajstić information content (AvgIpc) is 2.65. The molecule has 0 bridgehead atoms. The van der Waals surface area contributed by atoms with Gasteiger partial charge in [-0.25, -0.2) is 4.39 Å². The second-order valence-corrected chi connectivity index (χ2v) is 6.66. The molecule has 1 aromatic heterocycles. The molecule has 9 heteroatoms. The Balaban J connectivity index is 1.98. The molecular formula is C18H22FN5O3. The zero-order valence-electron chi connectivity index (χ0n) is 15.1. The molecule has 2 amide bonds. The van der Waals surface area contributed by atoms with Crippen LogP contribution in [0, 0.1) is 5.82 Å². The number of nitrogens with one attached hydrogen (secondary N) is 2. The molecule has 0 radical (unpaired) electrons. The van der Waals surface area contributed by atoms with Gasteiger partial charge in [-0.2, -0.15) is 0 Å². The van der Waals surface area contributed by atoms with Gasteiger partial charge in [-0.15, -0.1) is 10.2 Å². The zero-order chi connectivity index (χ0) is 20.0. The van der Waals surface area contributed by atoms with Gasteiger partial charge in [0.25, 0.3) is 5.91 Å². The SMILES string of the molecule is CC(C)(CNc1ccc(C(=O)N[C@@H](CO)C(N)=O)nn1)c1ccc(F)cc1. The number of carbonyl (C=O) groups excluding carboxylic acids is 2. The first-order valence-electron chi connectivity index (χ1n) is 8.27. The van der Waals surface area contributed by atoms with Crippen molar-refractivity contribution >= 4 is 17.6 Å². The smallest absolute Gasteiger partial charge is 0.272 e. The van der Waals surface area contributed by atoms with Gasteiger partial charge in [-0.1, -0.05) is 26.0 Å². The van der Waals surface area contributed by atoms with Crippen molar-refractivity contribution in [1.82, 2.24) is 15.5 Å². The fourth-order valence-electron chi connectivity index (χ4n) is 2.30. The number of hydrogen-bond donors (Lipinski definition) is 4. The second kappa shape index (κ2) is 8.54. The molecule has 0 aliphatic carbocycles. The lowest BCUT2D eigenvalue weighted by molar-refractivity contribution is -0.120. The molecule has 0 aliphatic rings. The summed E-state index contributed by atoms with van der Waals surface area (Å²) in [6.45, 7) is 3.91. The highest BCUT2D eigenvalue weighted by atomic mass is 19.1. The van der Waals surface area contributed by atoms with Crippen molar-refractivity contribution in [3.63, 3.8) is 0 Å². The summed E-state index contributed by atoms with van der Waals surface area (Å²) in [6.07, 6.45) is 0. The van der Waals surface area contributed by atoms with Gasteiger partial charge in [0.1, 0.15) is 17.7 Å². The van der Waals surface area contributed by atoms with Crippen molar-refractivity contribution in [3.05, 3.63) is 53.5 Å².